The van der Waals surface area contributed by atoms with Crippen LogP contribution in [0.25, 0.3) is 0 Å². The van der Waals surface area contributed by atoms with Gasteiger partial charge in [0.05, 0.1) is 6.10 Å². The summed E-state index contributed by atoms with van der Waals surface area (Å²) < 4.78 is 14.0. The minimum atomic E-state index is -0.958. The number of halogens is 3. The fourth-order valence-corrected chi connectivity index (χ4v) is 2.77. The molecule has 21 heavy (non-hydrogen) atoms. The summed E-state index contributed by atoms with van der Waals surface area (Å²) in [5, 5.41) is 11.4. The Bertz CT molecular complexity index is 628. The molecule has 0 radical (unpaired) electrons. The molecule has 0 aliphatic rings. The van der Waals surface area contributed by atoms with Crippen LogP contribution < -0.4 is 5.73 Å². The van der Waals surface area contributed by atoms with E-state index < -0.39 is 17.8 Å². The molecule has 0 saturated carbocycles. The van der Waals surface area contributed by atoms with E-state index in [4.69, 9.17) is 28.9 Å². The summed E-state index contributed by atoms with van der Waals surface area (Å²) in [5.41, 5.74) is 7.44. The van der Waals surface area contributed by atoms with Gasteiger partial charge in [-0.2, -0.15) is 0 Å². The molecule has 2 aromatic carbocycles. The fraction of sp³-hybridized carbons (Fsp3) is 0.250. The molecule has 0 saturated heterocycles. The monoisotopic (exact) mass is 327 g/mol. The van der Waals surface area contributed by atoms with Crippen molar-refractivity contribution in [1.29, 1.82) is 0 Å². The highest BCUT2D eigenvalue weighted by molar-refractivity contribution is 6.31. The predicted octanol–water partition coefficient (Wildman–Crippen LogP) is 4.22. The van der Waals surface area contributed by atoms with Crippen LogP contribution >= 0.6 is 23.2 Å². The van der Waals surface area contributed by atoms with E-state index in [1.54, 1.807) is 24.3 Å². The molecular formula is C16H16Cl2FNO. The van der Waals surface area contributed by atoms with Crippen molar-refractivity contribution < 1.29 is 9.50 Å². The molecule has 0 fully saturated rings. The molecule has 0 heterocycles. The number of benzene rings is 2. The molecule has 2 atom stereocenters. The van der Waals surface area contributed by atoms with Crippen molar-refractivity contribution in [3.63, 3.8) is 0 Å². The van der Waals surface area contributed by atoms with Gasteiger partial charge < -0.3 is 10.8 Å². The number of nitrogens with two attached hydrogens (primary N) is 1. The third-order valence-electron chi connectivity index (χ3n) is 3.53. The van der Waals surface area contributed by atoms with Crippen molar-refractivity contribution in [3.05, 3.63) is 69.0 Å². The number of hydrogen-bond donors (Lipinski definition) is 2. The van der Waals surface area contributed by atoms with Gasteiger partial charge in [0.15, 0.2) is 0 Å². The van der Waals surface area contributed by atoms with Gasteiger partial charge in [0.2, 0.25) is 0 Å². The lowest BCUT2D eigenvalue weighted by molar-refractivity contribution is 0.145. The van der Waals surface area contributed by atoms with Crippen LogP contribution in [0.4, 0.5) is 4.39 Å². The number of aryl methyl sites for hydroxylation is 1. The minimum absolute atomic E-state index is 0.0729. The second kappa shape index (κ2) is 6.75. The molecule has 2 nitrogen and oxygen atoms in total. The van der Waals surface area contributed by atoms with E-state index >= 15 is 0 Å². The third-order valence-corrected chi connectivity index (χ3v) is 4.28. The summed E-state index contributed by atoms with van der Waals surface area (Å²) in [5.74, 6) is -1.10. The smallest absolute Gasteiger partial charge is 0.128 e. The standard InChI is InChI=1S/C16H16Cl2FNO/c1-9-7-10(5-6-12(9)17)16(21)11(8-20)15-13(18)3-2-4-14(15)19/h2-7,11,16,21H,8,20H2,1H3. The summed E-state index contributed by atoms with van der Waals surface area (Å²) in [6.45, 7) is 1.91. The SMILES string of the molecule is Cc1cc(C(O)C(CN)c2c(F)cccc2Cl)ccc1Cl. The molecule has 0 aliphatic heterocycles. The maximum absolute atomic E-state index is 14.0. The Morgan fingerprint density at radius 1 is 1.19 bits per heavy atom. The Morgan fingerprint density at radius 2 is 1.90 bits per heavy atom. The Morgan fingerprint density at radius 3 is 2.48 bits per heavy atom. The van der Waals surface area contributed by atoms with Gasteiger partial charge in [-0.05, 0) is 36.2 Å². The summed E-state index contributed by atoms with van der Waals surface area (Å²) in [6, 6.07) is 9.59. The van der Waals surface area contributed by atoms with E-state index in [0.717, 1.165) is 5.56 Å². The summed E-state index contributed by atoms with van der Waals surface area (Å²) in [6.07, 6.45) is -0.958. The maximum atomic E-state index is 14.0. The zero-order chi connectivity index (χ0) is 15.6. The van der Waals surface area contributed by atoms with Crippen LogP contribution in [0, 0.1) is 12.7 Å². The average Bonchev–Trinajstić information content (AvgIpc) is 2.45. The van der Waals surface area contributed by atoms with Gasteiger partial charge in [0.1, 0.15) is 5.82 Å². The minimum Gasteiger partial charge on any atom is -0.388 e. The molecule has 112 valence electrons. The highest BCUT2D eigenvalue weighted by atomic mass is 35.5. The Labute approximate surface area is 133 Å². The van der Waals surface area contributed by atoms with E-state index in [0.29, 0.717) is 10.6 Å². The van der Waals surface area contributed by atoms with E-state index in [1.807, 2.05) is 6.92 Å². The highest BCUT2D eigenvalue weighted by Gasteiger charge is 2.26. The van der Waals surface area contributed by atoms with Gasteiger partial charge in [0, 0.05) is 28.1 Å². The number of hydrogen-bond acceptors (Lipinski definition) is 2. The molecular weight excluding hydrogens is 312 g/mol. The van der Waals surface area contributed by atoms with Crippen molar-refractivity contribution in [2.75, 3.05) is 6.54 Å². The molecule has 2 aromatic rings. The van der Waals surface area contributed by atoms with Crippen LogP contribution in [-0.2, 0) is 0 Å². The molecule has 5 heteroatoms. The van der Waals surface area contributed by atoms with Gasteiger partial charge in [-0.25, -0.2) is 4.39 Å². The van der Waals surface area contributed by atoms with Crippen molar-refractivity contribution in [1.82, 2.24) is 0 Å². The second-order valence-corrected chi connectivity index (χ2v) is 5.75. The van der Waals surface area contributed by atoms with Crippen LogP contribution in [0.3, 0.4) is 0 Å². The lowest BCUT2D eigenvalue weighted by Gasteiger charge is -2.24. The average molecular weight is 328 g/mol. The van der Waals surface area contributed by atoms with Gasteiger partial charge >= 0.3 is 0 Å². The van der Waals surface area contributed by atoms with Crippen molar-refractivity contribution in [3.8, 4) is 0 Å². The molecule has 3 N–H and O–H groups in total. The summed E-state index contributed by atoms with van der Waals surface area (Å²) in [7, 11) is 0. The molecule has 0 spiro atoms. The first kappa shape index (κ1) is 16.2. The lowest BCUT2D eigenvalue weighted by atomic mass is 9.88. The summed E-state index contributed by atoms with van der Waals surface area (Å²) in [4.78, 5) is 0. The number of aliphatic hydroxyl groups excluding tert-OH is 1. The fourth-order valence-electron chi connectivity index (χ4n) is 2.35. The second-order valence-electron chi connectivity index (χ2n) is 4.93. The van der Waals surface area contributed by atoms with Crippen LogP contribution in [0.2, 0.25) is 10.0 Å². The largest absolute Gasteiger partial charge is 0.388 e. The zero-order valence-electron chi connectivity index (χ0n) is 11.5. The highest BCUT2D eigenvalue weighted by Crippen LogP contribution is 2.36. The predicted molar refractivity (Wildman–Crippen MR) is 84.4 cm³/mol. The van der Waals surface area contributed by atoms with Crippen molar-refractivity contribution in [2.45, 2.75) is 18.9 Å². The molecule has 0 amide bonds. The van der Waals surface area contributed by atoms with Crippen LogP contribution in [0.5, 0.6) is 0 Å². The first-order valence-corrected chi connectivity index (χ1v) is 7.29. The molecule has 2 rings (SSSR count). The van der Waals surface area contributed by atoms with E-state index in [2.05, 4.69) is 0 Å². The molecule has 2 unspecified atom stereocenters. The quantitative estimate of drug-likeness (QED) is 0.883. The van der Waals surface area contributed by atoms with Gasteiger partial charge in [-0.1, -0.05) is 41.4 Å². The molecule has 0 aromatic heterocycles. The van der Waals surface area contributed by atoms with Gasteiger partial charge in [0.25, 0.3) is 0 Å². The maximum Gasteiger partial charge on any atom is 0.128 e. The lowest BCUT2D eigenvalue weighted by Crippen LogP contribution is -2.21. The van der Waals surface area contributed by atoms with Gasteiger partial charge in [-0.3, -0.25) is 0 Å². The normalized spacial score (nSPS) is 14.0. The first-order chi connectivity index (χ1) is 9.95. The molecule has 0 bridgehead atoms. The van der Waals surface area contributed by atoms with Crippen molar-refractivity contribution in [2.24, 2.45) is 5.73 Å². The van der Waals surface area contributed by atoms with E-state index in [9.17, 15) is 9.50 Å². The van der Waals surface area contributed by atoms with Crippen LogP contribution in [-0.4, -0.2) is 11.7 Å². The number of aliphatic hydroxyl groups is 1. The van der Waals surface area contributed by atoms with Gasteiger partial charge in [-0.15, -0.1) is 0 Å². The molecule has 0 aliphatic carbocycles. The van der Waals surface area contributed by atoms with E-state index in [1.165, 1.54) is 12.1 Å². The van der Waals surface area contributed by atoms with E-state index in [-0.39, 0.29) is 17.1 Å². The Balaban J connectivity index is 2.43. The number of rotatable bonds is 4. The Kier molecular flexibility index (Phi) is 5.22. The topological polar surface area (TPSA) is 46.2 Å². The zero-order valence-corrected chi connectivity index (χ0v) is 13.0. The van der Waals surface area contributed by atoms with Crippen LogP contribution in [0.15, 0.2) is 36.4 Å². The summed E-state index contributed by atoms with van der Waals surface area (Å²) >= 11 is 12.0. The Hall–Kier alpha value is -1.13. The first-order valence-electron chi connectivity index (χ1n) is 6.53. The third kappa shape index (κ3) is 3.38. The van der Waals surface area contributed by atoms with Crippen LogP contribution in [0.1, 0.15) is 28.7 Å². The van der Waals surface area contributed by atoms with Crippen molar-refractivity contribution >= 4 is 23.2 Å².